The van der Waals surface area contributed by atoms with Crippen LogP contribution in [0.25, 0.3) is 11.1 Å². The largest absolute Gasteiger partial charge is 0.496 e. The van der Waals surface area contributed by atoms with Crippen LogP contribution in [0.2, 0.25) is 0 Å². The van der Waals surface area contributed by atoms with Crippen LogP contribution < -0.4 is 4.74 Å². The molecule has 0 spiro atoms. The van der Waals surface area contributed by atoms with Crippen LogP contribution in [0.5, 0.6) is 5.75 Å². The van der Waals surface area contributed by atoms with Gasteiger partial charge in [0.05, 0.1) is 7.11 Å². The standard InChI is InChI=1S/C20H20FN3O3/c1-4-24(12-19-22-13(2)23-27-19)20(25)15-7-5-14(6-8-15)17-11-16(21)9-10-18(17)26-3/h5-11H,4,12H2,1-3H3. The molecule has 0 unspecified atom stereocenters. The maximum atomic E-state index is 13.6. The van der Waals surface area contributed by atoms with Gasteiger partial charge in [-0.1, -0.05) is 17.3 Å². The Hall–Kier alpha value is -3.22. The van der Waals surface area contributed by atoms with Crippen molar-refractivity contribution in [2.45, 2.75) is 20.4 Å². The summed E-state index contributed by atoms with van der Waals surface area (Å²) in [5.41, 5.74) is 1.91. The van der Waals surface area contributed by atoms with Gasteiger partial charge in [-0.15, -0.1) is 0 Å². The minimum absolute atomic E-state index is 0.147. The zero-order valence-electron chi connectivity index (χ0n) is 15.4. The van der Waals surface area contributed by atoms with Crippen molar-refractivity contribution in [3.8, 4) is 16.9 Å². The maximum Gasteiger partial charge on any atom is 0.254 e. The molecule has 0 radical (unpaired) electrons. The summed E-state index contributed by atoms with van der Waals surface area (Å²) >= 11 is 0. The molecule has 27 heavy (non-hydrogen) atoms. The fourth-order valence-electron chi connectivity index (χ4n) is 2.78. The lowest BCUT2D eigenvalue weighted by molar-refractivity contribution is 0.0734. The molecule has 1 heterocycles. The van der Waals surface area contributed by atoms with Gasteiger partial charge in [-0.05, 0) is 49.7 Å². The van der Waals surface area contributed by atoms with Gasteiger partial charge < -0.3 is 14.2 Å². The third kappa shape index (κ3) is 4.13. The molecule has 6 nitrogen and oxygen atoms in total. The minimum atomic E-state index is -0.349. The van der Waals surface area contributed by atoms with Gasteiger partial charge in [-0.2, -0.15) is 4.98 Å². The molecule has 0 saturated carbocycles. The van der Waals surface area contributed by atoms with E-state index in [4.69, 9.17) is 9.26 Å². The topological polar surface area (TPSA) is 68.5 Å². The van der Waals surface area contributed by atoms with Gasteiger partial charge in [0.2, 0.25) is 5.89 Å². The Bertz CT molecular complexity index is 938. The first-order valence-corrected chi connectivity index (χ1v) is 8.54. The van der Waals surface area contributed by atoms with Crippen molar-refractivity contribution in [2.24, 2.45) is 0 Å². The Balaban J connectivity index is 1.81. The predicted molar refractivity (Wildman–Crippen MR) is 97.8 cm³/mol. The predicted octanol–water partition coefficient (Wildman–Crippen LogP) is 3.86. The number of aromatic nitrogens is 2. The van der Waals surface area contributed by atoms with Gasteiger partial charge in [0, 0.05) is 17.7 Å². The van der Waals surface area contributed by atoms with E-state index in [1.165, 1.54) is 19.2 Å². The first-order chi connectivity index (χ1) is 13.0. The van der Waals surface area contributed by atoms with E-state index in [1.807, 2.05) is 6.92 Å². The van der Waals surface area contributed by atoms with Gasteiger partial charge >= 0.3 is 0 Å². The SMILES string of the molecule is CCN(Cc1nc(C)no1)C(=O)c1ccc(-c2cc(F)ccc2OC)cc1. The summed E-state index contributed by atoms with van der Waals surface area (Å²) in [5, 5.41) is 3.74. The molecule has 2 aromatic carbocycles. The molecule has 0 N–H and O–H groups in total. The Morgan fingerprint density at radius 2 is 1.96 bits per heavy atom. The van der Waals surface area contributed by atoms with Crippen molar-refractivity contribution in [1.29, 1.82) is 0 Å². The van der Waals surface area contributed by atoms with Crippen LogP contribution in [-0.2, 0) is 6.54 Å². The van der Waals surface area contributed by atoms with Crippen molar-refractivity contribution in [1.82, 2.24) is 15.0 Å². The maximum absolute atomic E-state index is 13.6. The number of hydrogen-bond acceptors (Lipinski definition) is 5. The molecule has 7 heteroatoms. The number of methoxy groups -OCH3 is 1. The molecule has 0 saturated heterocycles. The molecule has 0 aliphatic heterocycles. The van der Waals surface area contributed by atoms with Crippen LogP contribution >= 0.6 is 0 Å². The molecule has 0 fully saturated rings. The highest BCUT2D eigenvalue weighted by molar-refractivity contribution is 5.94. The lowest BCUT2D eigenvalue weighted by Gasteiger charge is -2.19. The van der Waals surface area contributed by atoms with E-state index in [1.54, 1.807) is 42.2 Å². The summed E-state index contributed by atoms with van der Waals surface area (Å²) < 4.78 is 24.0. The van der Waals surface area contributed by atoms with Crippen LogP contribution in [0.4, 0.5) is 4.39 Å². The van der Waals surface area contributed by atoms with Gasteiger partial charge in [-0.25, -0.2) is 4.39 Å². The fourth-order valence-corrected chi connectivity index (χ4v) is 2.78. The zero-order valence-corrected chi connectivity index (χ0v) is 15.4. The van der Waals surface area contributed by atoms with E-state index in [9.17, 15) is 9.18 Å². The monoisotopic (exact) mass is 369 g/mol. The summed E-state index contributed by atoms with van der Waals surface area (Å²) in [6.45, 7) is 4.35. The average molecular weight is 369 g/mol. The Kier molecular flexibility index (Phi) is 5.49. The number of aryl methyl sites for hydroxylation is 1. The highest BCUT2D eigenvalue weighted by Gasteiger charge is 2.18. The summed E-state index contributed by atoms with van der Waals surface area (Å²) in [4.78, 5) is 18.5. The number of nitrogens with zero attached hydrogens (tertiary/aromatic N) is 3. The Labute approximate surface area is 156 Å². The summed E-state index contributed by atoms with van der Waals surface area (Å²) in [7, 11) is 1.53. The molecule has 0 aliphatic carbocycles. The van der Waals surface area contributed by atoms with Crippen molar-refractivity contribution >= 4 is 5.91 Å². The van der Waals surface area contributed by atoms with Crippen molar-refractivity contribution in [3.05, 3.63) is 65.6 Å². The third-order valence-corrected chi connectivity index (χ3v) is 4.17. The molecule has 3 aromatic rings. The van der Waals surface area contributed by atoms with Crippen LogP contribution in [0.1, 0.15) is 29.0 Å². The number of halogens is 1. The normalized spacial score (nSPS) is 10.7. The van der Waals surface area contributed by atoms with E-state index < -0.39 is 0 Å². The molecule has 0 aliphatic rings. The molecule has 0 bridgehead atoms. The Morgan fingerprint density at radius 1 is 1.22 bits per heavy atom. The molecule has 3 rings (SSSR count). The number of hydrogen-bond donors (Lipinski definition) is 0. The number of carbonyl (C=O) groups excluding carboxylic acids is 1. The fraction of sp³-hybridized carbons (Fsp3) is 0.250. The summed E-state index contributed by atoms with van der Waals surface area (Å²) in [6.07, 6.45) is 0. The molecule has 1 aromatic heterocycles. The smallest absolute Gasteiger partial charge is 0.254 e. The van der Waals surface area contributed by atoms with Gasteiger partial charge in [0.25, 0.3) is 5.91 Å². The average Bonchev–Trinajstić information content (AvgIpc) is 3.10. The molecular formula is C20H20FN3O3. The lowest BCUT2D eigenvalue weighted by atomic mass is 10.0. The lowest BCUT2D eigenvalue weighted by Crippen LogP contribution is -2.30. The van der Waals surface area contributed by atoms with Gasteiger partial charge in [0.1, 0.15) is 18.1 Å². The second-order valence-electron chi connectivity index (χ2n) is 5.98. The minimum Gasteiger partial charge on any atom is -0.496 e. The Morgan fingerprint density at radius 3 is 2.56 bits per heavy atom. The van der Waals surface area contributed by atoms with Crippen LogP contribution in [0, 0.1) is 12.7 Å². The molecule has 0 atom stereocenters. The highest BCUT2D eigenvalue weighted by atomic mass is 19.1. The van der Waals surface area contributed by atoms with Gasteiger partial charge in [-0.3, -0.25) is 4.79 Å². The zero-order chi connectivity index (χ0) is 19.4. The van der Waals surface area contributed by atoms with Crippen LogP contribution in [0.15, 0.2) is 47.0 Å². The highest BCUT2D eigenvalue weighted by Crippen LogP contribution is 2.30. The van der Waals surface area contributed by atoms with Crippen molar-refractivity contribution < 1.29 is 18.4 Å². The summed E-state index contributed by atoms with van der Waals surface area (Å²) in [6, 6.07) is 11.3. The molecule has 1 amide bonds. The number of benzene rings is 2. The quantitative estimate of drug-likeness (QED) is 0.660. The third-order valence-electron chi connectivity index (χ3n) is 4.17. The van der Waals surface area contributed by atoms with Crippen LogP contribution in [-0.4, -0.2) is 34.6 Å². The van der Waals surface area contributed by atoms with E-state index >= 15 is 0 Å². The summed E-state index contributed by atoms with van der Waals surface area (Å²) in [5.74, 6) is 0.993. The second kappa shape index (κ2) is 7.99. The second-order valence-corrected chi connectivity index (χ2v) is 5.98. The molecule has 140 valence electrons. The van der Waals surface area contributed by atoms with E-state index in [-0.39, 0.29) is 18.3 Å². The van der Waals surface area contributed by atoms with Crippen LogP contribution in [0.3, 0.4) is 0 Å². The van der Waals surface area contributed by atoms with Crippen molar-refractivity contribution in [2.75, 3.05) is 13.7 Å². The first-order valence-electron chi connectivity index (χ1n) is 8.54. The number of rotatable bonds is 6. The number of carbonyl (C=O) groups is 1. The molecular weight excluding hydrogens is 349 g/mol. The van der Waals surface area contributed by atoms with E-state index in [0.717, 1.165) is 5.56 Å². The van der Waals surface area contributed by atoms with E-state index in [2.05, 4.69) is 10.1 Å². The number of ether oxygens (including phenoxy) is 1. The van der Waals surface area contributed by atoms with Gasteiger partial charge in [0.15, 0.2) is 5.82 Å². The first kappa shape index (κ1) is 18.6. The van der Waals surface area contributed by atoms with E-state index in [0.29, 0.717) is 35.1 Å². The number of amides is 1. The van der Waals surface area contributed by atoms with Crippen molar-refractivity contribution in [3.63, 3.8) is 0 Å².